The van der Waals surface area contributed by atoms with Gasteiger partial charge >= 0.3 is 0 Å². The van der Waals surface area contributed by atoms with Crippen molar-refractivity contribution in [1.82, 2.24) is 13.7 Å². The first-order valence-corrected chi connectivity index (χ1v) is 21.4. The Labute approximate surface area is 307 Å². The predicted octanol–water partition coefficient (Wildman–Crippen LogP) is 12.8. The highest BCUT2D eigenvalue weighted by atomic mass is 127. The molecule has 3 heterocycles. The number of unbranched alkanes of at least 4 members (excludes halogenated alkanes) is 6. The normalized spacial score (nSPS) is 12.3. The maximum absolute atomic E-state index is 2.71. The summed E-state index contributed by atoms with van der Waals surface area (Å²) in [6, 6.07) is 27.8. The van der Waals surface area contributed by atoms with Gasteiger partial charge in [-0.1, -0.05) is 142 Å². The summed E-state index contributed by atoms with van der Waals surface area (Å²) in [7, 11) is 0. The molecule has 0 radical (unpaired) electrons. The van der Waals surface area contributed by atoms with Crippen molar-refractivity contribution in [3.8, 4) is 0 Å². The van der Waals surface area contributed by atoms with Gasteiger partial charge in [-0.15, -0.1) is 0 Å². The maximum Gasteiger partial charge on any atom is 0.0614 e. The smallest absolute Gasteiger partial charge is 0.0614 e. The molecule has 0 spiro atoms. The molecular formula is C39H42I3N3. The lowest BCUT2D eigenvalue weighted by Crippen LogP contribution is -2.02. The van der Waals surface area contributed by atoms with Crippen LogP contribution in [0.4, 0.5) is 0 Å². The fourth-order valence-corrected chi connectivity index (χ4v) is 9.35. The number of fused-ring (bicyclic) bond motifs is 12. The fraction of sp³-hybridized carbons (Fsp3) is 0.385. The highest BCUT2D eigenvalue weighted by Gasteiger charge is 2.27. The summed E-state index contributed by atoms with van der Waals surface area (Å²) in [5, 5.41) is 8.59. The lowest BCUT2D eigenvalue weighted by molar-refractivity contribution is 0.630. The van der Waals surface area contributed by atoms with Crippen LogP contribution in [0.15, 0.2) is 72.8 Å². The molecule has 0 saturated heterocycles. The van der Waals surface area contributed by atoms with Gasteiger partial charge in [0.1, 0.15) is 0 Å². The van der Waals surface area contributed by atoms with Crippen LogP contribution in [0.2, 0.25) is 0 Å². The molecular weight excluding hydrogens is 891 g/mol. The Balaban J connectivity index is 1.66. The second kappa shape index (κ2) is 14.7. The zero-order valence-corrected chi connectivity index (χ0v) is 32.5. The van der Waals surface area contributed by atoms with E-state index in [1.807, 2.05) is 0 Å². The molecule has 3 aromatic heterocycles. The number of alkyl halides is 3. The molecule has 0 aliphatic rings. The van der Waals surface area contributed by atoms with Crippen LogP contribution >= 0.6 is 67.8 Å². The Morgan fingerprint density at radius 2 is 0.644 bits per heavy atom. The van der Waals surface area contributed by atoms with E-state index in [-0.39, 0.29) is 0 Å². The van der Waals surface area contributed by atoms with E-state index in [4.69, 9.17) is 0 Å². The lowest BCUT2D eigenvalue weighted by Gasteiger charge is -2.13. The number of hydrogen-bond donors (Lipinski definition) is 0. The number of nitrogens with zero attached hydrogens (tertiary/aromatic N) is 3. The molecule has 0 atom stereocenters. The van der Waals surface area contributed by atoms with E-state index in [0.29, 0.717) is 0 Å². The third-order valence-electron chi connectivity index (χ3n) is 9.67. The first kappa shape index (κ1) is 32.0. The van der Waals surface area contributed by atoms with E-state index in [1.165, 1.54) is 136 Å². The van der Waals surface area contributed by atoms with Crippen LogP contribution in [-0.4, -0.2) is 27.0 Å². The minimum atomic E-state index is 1.06. The van der Waals surface area contributed by atoms with Crippen molar-refractivity contribution in [2.75, 3.05) is 13.3 Å². The summed E-state index contributed by atoms with van der Waals surface area (Å²) in [6.45, 7) is 3.19. The van der Waals surface area contributed by atoms with E-state index < -0.39 is 0 Å². The van der Waals surface area contributed by atoms with Gasteiger partial charge in [0.05, 0.1) is 16.6 Å². The first-order chi connectivity index (χ1) is 22.3. The van der Waals surface area contributed by atoms with Crippen molar-refractivity contribution in [2.24, 2.45) is 0 Å². The van der Waals surface area contributed by atoms with E-state index in [1.54, 1.807) is 0 Å². The van der Waals surface area contributed by atoms with Gasteiger partial charge in [-0.3, -0.25) is 0 Å². The predicted molar refractivity (Wildman–Crippen MR) is 224 cm³/mol. The Kier molecular flexibility index (Phi) is 10.5. The molecule has 0 aliphatic carbocycles. The maximum atomic E-state index is 2.71. The number of rotatable bonds is 15. The molecule has 0 saturated carbocycles. The molecule has 0 amide bonds. The number of halogens is 3. The van der Waals surface area contributed by atoms with Crippen LogP contribution in [0.3, 0.4) is 0 Å². The number of benzene rings is 4. The van der Waals surface area contributed by atoms with Crippen molar-refractivity contribution < 1.29 is 0 Å². The molecule has 0 N–H and O–H groups in total. The molecule has 234 valence electrons. The van der Waals surface area contributed by atoms with Gasteiger partial charge in [-0.05, 0) is 70.0 Å². The van der Waals surface area contributed by atoms with Gasteiger partial charge < -0.3 is 13.7 Å². The minimum absolute atomic E-state index is 1.06. The standard InChI is InChI=1S/C39H42I3N3/c40-22-10-1-13-25-43-31-19-7-4-16-28(31)34-37(43)35-29-17-5-8-20-32(29)44(26-14-2-11-23-41)39(35)36-30-18-6-9-21-33(30)45(38(34)36)27-15-3-12-24-42/h4-9,16-21H,1-3,10-15,22-27H2. The molecule has 3 nitrogen and oxygen atoms in total. The second-order valence-electron chi connectivity index (χ2n) is 12.4. The second-order valence-corrected chi connectivity index (χ2v) is 15.7. The monoisotopic (exact) mass is 933 g/mol. The van der Waals surface area contributed by atoms with E-state index in [9.17, 15) is 0 Å². The fourth-order valence-electron chi connectivity index (χ4n) is 7.73. The van der Waals surface area contributed by atoms with Gasteiger partial charge in [0.2, 0.25) is 0 Å². The van der Waals surface area contributed by atoms with Gasteiger partial charge in [-0.25, -0.2) is 0 Å². The average molecular weight is 933 g/mol. The summed E-state index contributed by atoms with van der Waals surface area (Å²) < 4.78 is 11.8. The van der Waals surface area contributed by atoms with Crippen LogP contribution in [0.5, 0.6) is 0 Å². The highest BCUT2D eigenvalue weighted by molar-refractivity contribution is 14.1. The molecule has 6 heteroatoms. The zero-order chi connectivity index (χ0) is 30.8. The Hall–Kier alpha value is -1.53. The summed E-state index contributed by atoms with van der Waals surface area (Å²) in [5.41, 5.74) is 8.51. The molecule has 0 aliphatic heterocycles. The lowest BCUT2D eigenvalue weighted by atomic mass is 10.0. The Morgan fingerprint density at radius 3 is 0.933 bits per heavy atom. The molecule has 0 bridgehead atoms. The van der Waals surface area contributed by atoms with Gasteiger partial charge in [-0.2, -0.15) is 0 Å². The number of hydrogen-bond acceptors (Lipinski definition) is 0. The van der Waals surface area contributed by atoms with E-state index in [2.05, 4.69) is 154 Å². The van der Waals surface area contributed by atoms with Gasteiger partial charge in [0, 0.05) is 68.5 Å². The van der Waals surface area contributed by atoms with Crippen molar-refractivity contribution in [2.45, 2.75) is 77.4 Å². The van der Waals surface area contributed by atoms with Crippen molar-refractivity contribution in [3.05, 3.63) is 72.8 Å². The number of aryl methyl sites for hydroxylation is 3. The molecule has 4 aromatic carbocycles. The minimum Gasteiger partial charge on any atom is -0.340 e. The van der Waals surface area contributed by atoms with Gasteiger partial charge in [0.25, 0.3) is 0 Å². The Morgan fingerprint density at radius 1 is 0.356 bits per heavy atom. The molecule has 0 unspecified atom stereocenters. The largest absolute Gasteiger partial charge is 0.340 e. The highest BCUT2D eigenvalue weighted by Crippen LogP contribution is 2.48. The van der Waals surface area contributed by atoms with Crippen molar-refractivity contribution in [1.29, 1.82) is 0 Å². The molecule has 0 fully saturated rings. The van der Waals surface area contributed by atoms with E-state index in [0.717, 1.165) is 19.6 Å². The summed E-state index contributed by atoms with van der Waals surface area (Å²) in [5.74, 6) is 0. The topological polar surface area (TPSA) is 14.8 Å². The van der Waals surface area contributed by atoms with Crippen molar-refractivity contribution >= 4 is 133 Å². The SMILES string of the molecule is ICCCCCn1c2ccccc2c2c1c1c3ccccc3n(CCCCCI)c1c1c3ccccc3n(CCCCCI)c21. The summed E-state index contributed by atoms with van der Waals surface area (Å²) >= 11 is 7.59. The van der Waals surface area contributed by atoms with Crippen LogP contribution in [0, 0.1) is 0 Å². The Bertz CT molecular complexity index is 1830. The molecule has 45 heavy (non-hydrogen) atoms. The third kappa shape index (κ3) is 5.80. The molecule has 7 rings (SSSR count). The van der Waals surface area contributed by atoms with Crippen LogP contribution in [-0.2, 0) is 19.6 Å². The number of aromatic nitrogens is 3. The third-order valence-corrected chi connectivity index (χ3v) is 12.0. The zero-order valence-electron chi connectivity index (χ0n) is 26.0. The van der Waals surface area contributed by atoms with Crippen LogP contribution in [0.25, 0.3) is 65.4 Å². The summed E-state index contributed by atoms with van der Waals surface area (Å²) in [6.07, 6.45) is 11.3. The molecule has 7 aromatic rings. The van der Waals surface area contributed by atoms with Gasteiger partial charge in [0.15, 0.2) is 0 Å². The van der Waals surface area contributed by atoms with E-state index >= 15 is 0 Å². The number of para-hydroxylation sites is 3. The summed E-state index contributed by atoms with van der Waals surface area (Å²) in [4.78, 5) is 0. The van der Waals surface area contributed by atoms with Crippen LogP contribution in [0.1, 0.15) is 57.8 Å². The van der Waals surface area contributed by atoms with Crippen LogP contribution < -0.4 is 0 Å². The first-order valence-electron chi connectivity index (χ1n) is 16.8. The van der Waals surface area contributed by atoms with Crippen molar-refractivity contribution in [3.63, 3.8) is 0 Å². The average Bonchev–Trinajstić information content (AvgIpc) is 3.69. The quantitative estimate of drug-likeness (QED) is 0.0553.